The minimum atomic E-state index is -4.52. The van der Waals surface area contributed by atoms with Gasteiger partial charge in [0, 0.05) is 6.42 Å². The van der Waals surface area contributed by atoms with Crippen LogP contribution in [0.5, 0.6) is 11.5 Å². The molecule has 0 fully saturated rings. The number of para-hydroxylation sites is 2. The van der Waals surface area contributed by atoms with Crippen molar-refractivity contribution in [2.45, 2.75) is 18.6 Å². The van der Waals surface area contributed by atoms with Gasteiger partial charge in [-0.2, -0.15) is 13.2 Å². The summed E-state index contributed by atoms with van der Waals surface area (Å²) in [6.45, 7) is -2.08. The number of rotatable bonds is 9. The SMILES string of the molecule is O=C(COc1ccccc1OCC(F)(F)F)N[C@H](Cc1ccccc1)C(=O)O. The molecular weight excluding hydrogens is 379 g/mol. The molecule has 0 aliphatic carbocycles. The maximum Gasteiger partial charge on any atom is 0.422 e. The van der Waals surface area contributed by atoms with Crippen LogP contribution in [0.4, 0.5) is 13.2 Å². The van der Waals surface area contributed by atoms with Gasteiger partial charge < -0.3 is 19.9 Å². The molecule has 2 rings (SSSR count). The van der Waals surface area contributed by atoms with Crippen molar-refractivity contribution >= 4 is 11.9 Å². The summed E-state index contributed by atoms with van der Waals surface area (Å²) in [7, 11) is 0. The summed E-state index contributed by atoms with van der Waals surface area (Å²) in [6.07, 6.45) is -4.44. The predicted molar refractivity (Wildman–Crippen MR) is 93.2 cm³/mol. The summed E-state index contributed by atoms with van der Waals surface area (Å²) in [4.78, 5) is 23.4. The lowest BCUT2D eigenvalue weighted by atomic mass is 10.1. The quantitative estimate of drug-likeness (QED) is 0.680. The monoisotopic (exact) mass is 397 g/mol. The fourth-order valence-corrected chi connectivity index (χ4v) is 2.28. The van der Waals surface area contributed by atoms with Gasteiger partial charge in [-0.1, -0.05) is 42.5 Å². The number of carboxylic acids is 1. The maximum atomic E-state index is 12.3. The van der Waals surface area contributed by atoms with Gasteiger partial charge in [0.15, 0.2) is 24.7 Å². The van der Waals surface area contributed by atoms with E-state index in [0.29, 0.717) is 0 Å². The molecule has 0 aromatic heterocycles. The van der Waals surface area contributed by atoms with Crippen molar-refractivity contribution in [3.8, 4) is 11.5 Å². The topological polar surface area (TPSA) is 84.9 Å². The number of benzene rings is 2. The Morgan fingerprint density at radius 2 is 1.54 bits per heavy atom. The first-order valence-electron chi connectivity index (χ1n) is 8.22. The normalized spacial score (nSPS) is 12.1. The van der Waals surface area contributed by atoms with Gasteiger partial charge in [-0.25, -0.2) is 4.79 Å². The van der Waals surface area contributed by atoms with Crippen molar-refractivity contribution < 1.29 is 37.3 Å². The molecule has 0 spiro atoms. The number of aliphatic carboxylic acids is 1. The van der Waals surface area contributed by atoms with E-state index in [1.54, 1.807) is 30.3 Å². The van der Waals surface area contributed by atoms with E-state index in [2.05, 4.69) is 10.1 Å². The van der Waals surface area contributed by atoms with Gasteiger partial charge in [-0.3, -0.25) is 4.79 Å². The molecule has 0 aliphatic rings. The second-order valence-electron chi connectivity index (χ2n) is 5.79. The van der Waals surface area contributed by atoms with Gasteiger partial charge >= 0.3 is 12.1 Å². The lowest BCUT2D eigenvalue weighted by Crippen LogP contribution is -2.44. The largest absolute Gasteiger partial charge is 0.480 e. The Hall–Kier alpha value is -3.23. The zero-order chi connectivity index (χ0) is 20.6. The van der Waals surface area contributed by atoms with Crippen LogP contribution in [0, 0.1) is 0 Å². The Bertz CT molecular complexity index is 796. The van der Waals surface area contributed by atoms with Gasteiger partial charge in [-0.15, -0.1) is 0 Å². The van der Waals surface area contributed by atoms with E-state index in [4.69, 9.17) is 4.74 Å². The van der Waals surface area contributed by atoms with Crippen LogP contribution in [-0.2, 0) is 16.0 Å². The maximum absolute atomic E-state index is 12.3. The van der Waals surface area contributed by atoms with Crippen molar-refractivity contribution in [3.63, 3.8) is 0 Å². The Labute approximate surface area is 158 Å². The smallest absolute Gasteiger partial charge is 0.422 e. The summed E-state index contributed by atoms with van der Waals surface area (Å²) in [5.41, 5.74) is 0.724. The number of ether oxygens (including phenoxy) is 2. The van der Waals surface area contributed by atoms with Crippen LogP contribution < -0.4 is 14.8 Å². The van der Waals surface area contributed by atoms with Crippen LogP contribution in [-0.4, -0.2) is 42.4 Å². The van der Waals surface area contributed by atoms with E-state index in [1.807, 2.05) is 0 Å². The molecule has 150 valence electrons. The zero-order valence-corrected chi connectivity index (χ0v) is 14.6. The van der Waals surface area contributed by atoms with Crippen LogP contribution >= 0.6 is 0 Å². The first-order valence-corrected chi connectivity index (χ1v) is 8.22. The molecular formula is C19H18F3NO5. The van der Waals surface area contributed by atoms with Crippen molar-refractivity contribution in [1.82, 2.24) is 5.32 Å². The number of carbonyl (C=O) groups is 2. The van der Waals surface area contributed by atoms with E-state index in [9.17, 15) is 27.9 Å². The lowest BCUT2D eigenvalue weighted by Gasteiger charge is -2.16. The number of amides is 1. The van der Waals surface area contributed by atoms with E-state index < -0.39 is 37.3 Å². The fourth-order valence-electron chi connectivity index (χ4n) is 2.28. The van der Waals surface area contributed by atoms with Gasteiger partial charge in [0.25, 0.3) is 5.91 Å². The Kier molecular flexibility index (Phi) is 7.25. The molecule has 2 aromatic rings. The molecule has 0 aliphatic heterocycles. The molecule has 0 saturated heterocycles. The van der Waals surface area contributed by atoms with E-state index in [1.165, 1.54) is 24.3 Å². The third-order valence-electron chi connectivity index (χ3n) is 3.52. The molecule has 0 unspecified atom stereocenters. The number of alkyl halides is 3. The summed E-state index contributed by atoms with van der Waals surface area (Å²) in [5, 5.41) is 11.6. The highest BCUT2D eigenvalue weighted by Gasteiger charge is 2.29. The molecule has 0 bridgehead atoms. The van der Waals surface area contributed by atoms with Crippen LogP contribution in [0.25, 0.3) is 0 Å². The summed E-state index contributed by atoms with van der Waals surface area (Å²) >= 11 is 0. The van der Waals surface area contributed by atoms with Crippen molar-refractivity contribution in [3.05, 3.63) is 60.2 Å². The zero-order valence-electron chi connectivity index (χ0n) is 14.6. The number of halogens is 3. The Balaban J connectivity index is 1.93. The minimum Gasteiger partial charge on any atom is -0.480 e. The fraction of sp³-hybridized carbons (Fsp3) is 0.263. The minimum absolute atomic E-state index is 0.0585. The number of nitrogens with one attached hydrogen (secondary N) is 1. The molecule has 28 heavy (non-hydrogen) atoms. The van der Waals surface area contributed by atoms with E-state index >= 15 is 0 Å². The Morgan fingerprint density at radius 1 is 0.964 bits per heavy atom. The molecule has 1 amide bonds. The van der Waals surface area contributed by atoms with Crippen molar-refractivity contribution in [1.29, 1.82) is 0 Å². The van der Waals surface area contributed by atoms with E-state index in [0.717, 1.165) is 5.56 Å². The third-order valence-corrected chi connectivity index (χ3v) is 3.52. The molecule has 0 saturated carbocycles. The summed E-state index contributed by atoms with van der Waals surface area (Å²) < 4.78 is 46.8. The second kappa shape index (κ2) is 9.63. The molecule has 6 nitrogen and oxygen atoms in total. The summed E-state index contributed by atoms with van der Waals surface area (Å²) in [6, 6.07) is 13.1. The van der Waals surface area contributed by atoms with Gasteiger partial charge in [0.05, 0.1) is 0 Å². The van der Waals surface area contributed by atoms with Crippen LogP contribution in [0.15, 0.2) is 54.6 Å². The van der Waals surface area contributed by atoms with Crippen LogP contribution in [0.1, 0.15) is 5.56 Å². The predicted octanol–water partition coefficient (Wildman–Crippen LogP) is 2.82. The van der Waals surface area contributed by atoms with Crippen LogP contribution in [0.2, 0.25) is 0 Å². The van der Waals surface area contributed by atoms with Gasteiger partial charge in [0.1, 0.15) is 6.04 Å². The van der Waals surface area contributed by atoms with Crippen LogP contribution in [0.3, 0.4) is 0 Å². The third kappa shape index (κ3) is 7.18. The molecule has 9 heteroatoms. The van der Waals surface area contributed by atoms with E-state index in [-0.39, 0.29) is 17.9 Å². The van der Waals surface area contributed by atoms with Gasteiger partial charge in [-0.05, 0) is 17.7 Å². The Morgan fingerprint density at radius 3 is 2.11 bits per heavy atom. The molecule has 1 atom stereocenters. The first kappa shape index (κ1) is 21.1. The highest BCUT2D eigenvalue weighted by molar-refractivity contribution is 5.84. The first-order chi connectivity index (χ1) is 13.2. The average molecular weight is 397 g/mol. The van der Waals surface area contributed by atoms with Crippen molar-refractivity contribution in [2.24, 2.45) is 0 Å². The number of hydrogen-bond acceptors (Lipinski definition) is 4. The average Bonchev–Trinajstić information content (AvgIpc) is 2.65. The highest BCUT2D eigenvalue weighted by atomic mass is 19.4. The number of carboxylic acid groups (broad SMARTS) is 1. The highest BCUT2D eigenvalue weighted by Crippen LogP contribution is 2.28. The van der Waals surface area contributed by atoms with Gasteiger partial charge in [0.2, 0.25) is 0 Å². The van der Waals surface area contributed by atoms with Crippen molar-refractivity contribution in [2.75, 3.05) is 13.2 Å². The second-order valence-corrected chi connectivity index (χ2v) is 5.79. The molecule has 2 N–H and O–H groups in total. The molecule has 2 aromatic carbocycles. The molecule has 0 radical (unpaired) electrons. The lowest BCUT2D eigenvalue weighted by molar-refractivity contribution is -0.153. The number of carbonyl (C=O) groups excluding carboxylic acids is 1. The molecule has 0 heterocycles. The number of hydrogen-bond donors (Lipinski definition) is 2. The standard InChI is InChI=1S/C19H18F3NO5/c20-19(21,22)12-28-16-9-5-4-8-15(16)27-11-17(24)23-14(18(25)26)10-13-6-2-1-3-7-13/h1-9,14H,10-12H2,(H,23,24)(H,25,26)/t14-/m1/s1. The summed E-state index contributed by atoms with van der Waals surface area (Å²) in [5.74, 6) is -2.18.